The molecule has 0 fully saturated rings. The number of esters is 1. The summed E-state index contributed by atoms with van der Waals surface area (Å²) in [5, 5.41) is 0.549. The molecule has 0 heterocycles. The van der Waals surface area contributed by atoms with Crippen LogP contribution in [0.4, 0.5) is 0 Å². The number of hydrogen-bond acceptors (Lipinski definition) is 4. The normalized spacial score (nSPS) is 10.1. The number of halogens is 1. The van der Waals surface area contributed by atoms with Gasteiger partial charge in [-0.15, -0.1) is 0 Å². The molecule has 0 aromatic heterocycles. The van der Waals surface area contributed by atoms with Crippen LogP contribution in [0.1, 0.15) is 15.9 Å². The molecule has 0 amide bonds. The summed E-state index contributed by atoms with van der Waals surface area (Å²) in [6, 6.07) is 12.6. The number of carbonyl (C=O) groups is 1. The second-order valence-corrected chi connectivity index (χ2v) is 5.03. The Bertz CT molecular complexity index is 655. The molecule has 0 aliphatic heterocycles. The molecule has 2 aromatic rings. The zero-order valence-electron chi connectivity index (χ0n) is 12.5. The third-order valence-corrected chi connectivity index (χ3v) is 3.29. The zero-order valence-corrected chi connectivity index (χ0v) is 13.2. The Labute approximate surface area is 134 Å². The highest BCUT2D eigenvalue weighted by atomic mass is 35.5. The summed E-state index contributed by atoms with van der Waals surface area (Å²) in [5.41, 5.74) is 1.36. The SMILES string of the molecule is COC(=O)c1cc(C)ccc1OCCOc1ccccc1Cl. The van der Waals surface area contributed by atoms with Gasteiger partial charge in [0.25, 0.3) is 0 Å². The molecule has 0 unspecified atom stereocenters. The van der Waals surface area contributed by atoms with E-state index < -0.39 is 5.97 Å². The fourth-order valence-corrected chi connectivity index (χ4v) is 2.09. The van der Waals surface area contributed by atoms with Crippen LogP contribution in [0.2, 0.25) is 5.02 Å². The smallest absolute Gasteiger partial charge is 0.341 e. The first kappa shape index (κ1) is 16.2. The summed E-state index contributed by atoms with van der Waals surface area (Å²) >= 11 is 6.00. The highest BCUT2D eigenvalue weighted by Gasteiger charge is 2.13. The number of ether oxygens (including phenoxy) is 3. The largest absolute Gasteiger partial charge is 0.489 e. The van der Waals surface area contributed by atoms with E-state index in [0.717, 1.165) is 5.56 Å². The van der Waals surface area contributed by atoms with Gasteiger partial charge in [0.15, 0.2) is 0 Å². The van der Waals surface area contributed by atoms with E-state index >= 15 is 0 Å². The summed E-state index contributed by atoms with van der Waals surface area (Å²) in [4.78, 5) is 11.7. The predicted octanol–water partition coefficient (Wildman–Crippen LogP) is 3.89. The second-order valence-electron chi connectivity index (χ2n) is 4.62. The number of aryl methyl sites for hydroxylation is 1. The molecule has 0 radical (unpaired) electrons. The molecule has 0 saturated carbocycles. The third-order valence-electron chi connectivity index (χ3n) is 2.98. The molecule has 0 atom stereocenters. The number of hydrogen-bond donors (Lipinski definition) is 0. The van der Waals surface area contributed by atoms with Gasteiger partial charge in [0.1, 0.15) is 30.3 Å². The lowest BCUT2D eigenvalue weighted by Gasteiger charge is -2.12. The highest BCUT2D eigenvalue weighted by molar-refractivity contribution is 6.32. The van der Waals surface area contributed by atoms with E-state index in [4.69, 9.17) is 25.8 Å². The Morgan fingerprint density at radius 3 is 2.41 bits per heavy atom. The van der Waals surface area contributed by atoms with E-state index in [1.54, 1.807) is 24.3 Å². The molecular weight excluding hydrogens is 304 g/mol. The van der Waals surface area contributed by atoms with Crippen molar-refractivity contribution in [2.75, 3.05) is 20.3 Å². The first-order chi connectivity index (χ1) is 10.6. The molecule has 22 heavy (non-hydrogen) atoms. The van der Waals surface area contributed by atoms with Gasteiger partial charge >= 0.3 is 5.97 Å². The van der Waals surface area contributed by atoms with E-state index in [1.165, 1.54) is 7.11 Å². The van der Waals surface area contributed by atoms with Crippen LogP contribution in [0.3, 0.4) is 0 Å². The highest BCUT2D eigenvalue weighted by Crippen LogP contribution is 2.23. The minimum atomic E-state index is -0.425. The number of rotatable bonds is 6. The van der Waals surface area contributed by atoms with Crippen molar-refractivity contribution in [2.45, 2.75) is 6.92 Å². The lowest BCUT2D eigenvalue weighted by atomic mass is 10.1. The van der Waals surface area contributed by atoms with Gasteiger partial charge in [0.05, 0.1) is 12.1 Å². The van der Waals surface area contributed by atoms with Crippen LogP contribution in [0, 0.1) is 6.92 Å². The van der Waals surface area contributed by atoms with Gasteiger partial charge in [-0.05, 0) is 31.2 Å². The first-order valence-electron chi connectivity index (χ1n) is 6.81. The number of carbonyl (C=O) groups excluding carboxylic acids is 1. The maximum atomic E-state index is 11.7. The van der Waals surface area contributed by atoms with Crippen molar-refractivity contribution >= 4 is 17.6 Å². The minimum absolute atomic E-state index is 0.290. The van der Waals surface area contributed by atoms with Crippen LogP contribution < -0.4 is 9.47 Å². The van der Waals surface area contributed by atoms with Crippen LogP contribution in [0.25, 0.3) is 0 Å². The Morgan fingerprint density at radius 1 is 1.05 bits per heavy atom. The third kappa shape index (κ3) is 4.15. The van der Waals surface area contributed by atoms with Crippen LogP contribution in [-0.4, -0.2) is 26.3 Å². The molecule has 0 aliphatic rings. The van der Waals surface area contributed by atoms with Crippen molar-refractivity contribution in [2.24, 2.45) is 0 Å². The molecule has 0 N–H and O–H groups in total. The summed E-state index contributed by atoms with van der Waals surface area (Å²) in [6.45, 7) is 2.51. The molecule has 4 nitrogen and oxygen atoms in total. The van der Waals surface area contributed by atoms with Gasteiger partial charge in [-0.25, -0.2) is 4.79 Å². The molecule has 5 heteroatoms. The monoisotopic (exact) mass is 320 g/mol. The Morgan fingerprint density at radius 2 is 1.73 bits per heavy atom. The number of benzene rings is 2. The predicted molar refractivity (Wildman–Crippen MR) is 85.0 cm³/mol. The standard InChI is InChI=1S/C17H17ClO4/c1-12-7-8-15(13(11-12)17(19)20-2)21-9-10-22-16-6-4-3-5-14(16)18/h3-8,11H,9-10H2,1-2H3. The van der Waals surface area contributed by atoms with Gasteiger partial charge in [0.2, 0.25) is 0 Å². The van der Waals surface area contributed by atoms with Gasteiger partial charge in [-0.3, -0.25) is 0 Å². The van der Waals surface area contributed by atoms with Crippen molar-refractivity contribution in [3.63, 3.8) is 0 Å². The first-order valence-corrected chi connectivity index (χ1v) is 7.18. The summed E-state index contributed by atoms with van der Waals surface area (Å²) < 4.78 is 15.9. The van der Waals surface area contributed by atoms with E-state index in [9.17, 15) is 4.79 Å². The summed E-state index contributed by atoms with van der Waals surface area (Å²) in [5.74, 6) is 0.649. The van der Waals surface area contributed by atoms with Crippen molar-refractivity contribution in [1.29, 1.82) is 0 Å². The molecule has 0 aliphatic carbocycles. The lowest BCUT2D eigenvalue weighted by molar-refractivity contribution is 0.0595. The lowest BCUT2D eigenvalue weighted by Crippen LogP contribution is -2.12. The minimum Gasteiger partial charge on any atom is -0.489 e. The van der Waals surface area contributed by atoms with Gasteiger partial charge in [0, 0.05) is 0 Å². The Kier molecular flexibility index (Phi) is 5.67. The van der Waals surface area contributed by atoms with Gasteiger partial charge in [-0.2, -0.15) is 0 Å². The summed E-state index contributed by atoms with van der Waals surface area (Å²) in [7, 11) is 1.34. The Hall–Kier alpha value is -2.20. The van der Waals surface area contributed by atoms with Crippen molar-refractivity contribution < 1.29 is 19.0 Å². The van der Waals surface area contributed by atoms with E-state index in [1.807, 2.05) is 25.1 Å². The van der Waals surface area contributed by atoms with Gasteiger partial charge in [-0.1, -0.05) is 35.4 Å². The van der Waals surface area contributed by atoms with Crippen LogP contribution in [0.15, 0.2) is 42.5 Å². The maximum Gasteiger partial charge on any atom is 0.341 e. The molecule has 116 valence electrons. The molecule has 0 spiro atoms. The van der Waals surface area contributed by atoms with E-state index in [-0.39, 0.29) is 6.61 Å². The zero-order chi connectivity index (χ0) is 15.9. The quantitative estimate of drug-likeness (QED) is 0.598. The topological polar surface area (TPSA) is 44.8 Å². The number of methoxy groups -OCH3 is 1. The maximum absolute atomic E-state index is 11.7. The van der Waals surface area contributed by atoms with E-state index in [0.29, 0.717) is 28.7 Å². The van der Waals surface area contributed by atoms with Crippen molar-refractivity contribution in [3.8, 4) is 11.5 Å². The molecule has 2 rings (SSSR count). The summed E-state index contributed by atoms with van der Waals surface area (Å²) in [6.07, 6.45) is 0. The van der Waals surface area contributed by atoms with Crippen LogP contribution >= 0.6 is 11.6 Å². The van der Waals surface area contributed by atoms with Crippen LogP contribution in [0.5, 0.6) is 11.5 Å². The fraction of sp³-hybridized carbons (Fsp3) is 0.235. The van der Waals surface area contributed by atoms with Crippen LogP contribution in [-0.2, 0) is 4.74 Å². The van der Waals surface area contributed by atoms with Gasteiger partial charge < -0.3 is 14.2 Å². The molecule has 0 bridgehead atoms. The molecule has 2 aromatic carbocycles. The Balaban J connectivity index is 1.95. The van der Waals surface area contributed by atoms with Crippen molar-refractivity contribution in [1.82, 2.24) is 0 Å². The average Bonchev–Trinajstić information content (AvgIpc) is 2.53. The van der Waals surface area contributed by atoms with E-state index in [2.05, 4.69) is 0 Å². The average molecular weight is 321 g/mol. The second kappa shape index (κ2) is 7.71. The molecule has 0 saturated heterocycles. The molecular formula is C17H17ClO4. The fourth-order valence-electron chi connectivity index (χ4n) is 1.90. The number of para-hydroxylation sites is 1. The van der Waals surface area contributed by atoms with Crippen molar-refractivity contribution in [3.05, 3.63) is 58.6 Å².